The van der Waals surface area contributed by atoms with E-state index >= 15 is 0 Å². The van der Waals surface area contributed by atoms with Crippen molar-refractivity contribution >= 4 is 23.2 Å². The summed E-state index contributed by atoms with van der Waals surface area (Å²) in [4.78, 5) is 25.6. The lowest BCUT2D eigenvalue weighted by molar-refractivity contribution is 0.0952. The molecule has 0 spiro atoms. The molecule has 1 aliphatic rings. The maximum atomic E-state index is 12.8. The van der Waals surface area contributed by atoms with E-state index in [0.717, 1.165) is 29.8 Å². The lowest BCUT2D eigenvalue weighted by Gasteiger charge is -2.22. The molecular formula is C19H20ClN5O2. The Morgan fingerprint density at radius 2 is 2.26 bits per heavy atom. The molecule has 1 aromatic carbocycles. The molecule has 1 aliphatic heterocycles. The second-order valence-electron chi connectivity index (χ2n) is 6.51. The molecule has 1 amide bonds. The number of halogens is 1. The van der Waals surface area contributed by atoms with Gasteiger partial charge in [0.05, 0.1) is 11.8 Å². The van der Waals surface area contributed by atoms with E-state index in [4.69, 9.17) is 11.6 Å². The third kappa shape index (κ3) is 3.13. The quantitative estimate of drug-likeness (QED) is 0.717. The first kappa shape index (κ1) is 17.8. The predicted molar refractivity (Wildman–Crippen MR) is 103 cm³/mol. The number of aryl methyl sites for hydroxylation is 1. The first-order valence-electron chi connectivity index (χ1n) is 8.95. The van der Waals surface area contributed by atoms with Crippen molar-refractivity contribution < 1.29 is 4.79 Å². The molecule has 0 aliphatic carbocycles. The van der Waals surface area contributed by atoms with E-state index in [1.165, 1.54) is 10.7 Å². The minimum atomic E-state index is -0.263. The molecule has 0 atom stereocenters. The van der Waals surface area contributed by atoms with Gasteiger partial charge in [-0.2, -0.15) is 9.61 Å². The summed E-state index contributed by atoms with van der Waals surface area (Å²) in [5, 5.41) is 10.9. The molecule has 140 valence electrons. The summed E-state index contributed by atoms with van der Waals surface area (Å²) >= 11 is 5.99. The Bertz CT molecular complexity index is 1090. The Morgan fingerprint density at radius 3 is 3.04 bits per heavy atom. The van der Waals surface area contributed by atoms with Crippen LogP contribution in [-0.2, 0) is 26.1 Å². The van der Waals surface area contributed by atoms with Gasteiger partial charge in [-0.05, 0) is 24.6 Å². The van der Waals surface area contributed by atoms with E-state index in [1.807, 2.05) is 29.7 Å². The van der Waals surface area contributed by atoms with Crippen LogP contribution in [0.2, 0.25) is 5.02 Å². The monoisotopic (exact) mass is 385 g/mol. The van der Waals surface area contributed by atoms with Crippen molar-refractivity contribution in [1.29, 1.82) is 0 Å². The van der Waals surface area contributed by atoms with Gasteiger partial charge < -0.3 is 15.2 Å². The number of aromatic nitrogens is 3. The highest BCUT2D eigenvalue weighted by Crippen LogP contribution is 2.18. The van der Waals surface area contributed by atoms with Crippen molar-refractivity contribution in [2.75, 3.05) is 6.54 Å². The molecule has 0 radical (unpaired) electrons. The van der Waals surface area contributed by atoms with Crippen LogP contribution in [0.5, 0.6) is 0 Å². The topological polar surface area (TPSA) is 80.4 Å². The van der Waals surface area contributed by atoms with Crippen LogP contribution in [0.15, 0.2) is 35.3 Å². The van der Waals surface area contributed by atoms with Crippen LogP contribution >= 0.6 is 11.6 Å². The van der Waals surface area contributed by atoms with Crippen LogP contribution in [0.3, 0.4) is 0 Å². The van der Waals surface area contributed by atoms with Crippen LogP contribution in [0.4, 0.5) is 0 Å². The standard InChI is InChI=1S/C19H20ClN5O2/c1-2-24-16-6-7-21-10-14(16)19(27)25-18(24)15(11-23-25)17(26)22-9-12-4-3-5-13(20)8-12/h3-5,8,11,21H,2,6-7,9-10H2,1H3,(H,22,26). The number of carbonyl (C=O) groups excluding carboxylic acids is 1. The molecule has 4 rings (SSSR count). The van der Waals surface area contributed by atoms with Gasteiger partial charge in [-0.1, -0.05) is 23.7 Å². The van der Waals surface area contributed by atoms with Gasteiger partial charge in [0.2, 0.25) is 0 Å². The average Bonchev–Trinajstić information content (AvgIpc) is 3.12. The first-order chi connectivity index (χ1) is 13.1. The maximum Gasteiger partial charge on any atom is 0.279 e. The molecule has 27 heavy (non-hydrogen) atoms. The number of hydrogen-bond donors (Lipinski definition) is 2. The number of benzene rings is 1. The number of carbonyl (C=O) groups is 1. The van der Waals surface area contributed by atoms with Crippen molar-refractivity contribution in [3.05, 3.63) is 68.2 Å². The Kier molecular flexibility index (Phi) is 4.72. The van der Waals surface area contributed by atoms with Crippen LogP contribution in [0.1, 0.15) is 34.1 Å². The Hall–Kier alpha value is -2.64. The third-order valence-electron chi connectivity index (χ3n) is 4.87. The molecular weight excluding hydrogens is 366 g/mol. The summed E-state index contributed by atoms with van der Waals surface area (Å²) in [5.41, 5.74) is 3.40. The highest BCUT2D eigenvalue weighted by molar-refractivity contribution is 6.30. The number of nitrogens with one attached hydrogen (secondary N) is 2. The summed E-state index contributed by atoms with van der Waals surface area (Å²) in [5.74, 6) is -0.263. The molecule has 0 saturated carbocycles. The van der Waals surface area contributed by atoms with Crippen molar-refractivity contribution in [1.82, 2.24) is 24.8 Å². The molecule has 2 N–H and O–H groups in total. The highest BCUT2D eigenvalue weighted by atomic mass is 35.5. The fraction of sp³-hybridized carbons (Fsp3) is 0.316. The Balaban J connectivity index is 1.73. The van der Waals surface area contributed by atoms with Gasteiger partial charge in [0.25, 0.3) is 11.5 Å². The largest absolute Gasteiger partial charge is 0.348 e. The van der Waals surface area contributed by atoms with E-state index in [0.29, 0.717) is 35.9 Å². The molecule has 0 saturated heterocycles. The van der Waals surface area contributed by atoms with E-state index in [1.54, 1.807) is 6.07 Å². The summed E-state index contributed by atoms with van der Waals surface area (Å²) in [6.45, 7) is 4.36. The molecule has 3 aromatic rings. The number of rotatable bonds is 4. The Labute approximate surface area is 160 Å². The molecule has 0 fully saturated rings. The first-order valence-corrected chi connectivity index (χ1v) is 9.33. The maximum absolute atomic E-state index is 12.8. The summed E-state index contributed by atoms with van der Waals surface area (Å²) in [6.07, 6.45) is 2.22. The summed E-state index contributed by atoms with van der Waals surface area (Å²) in [7, 11) is 0. The molecule has 2 aromatic heterocycles. The number of fused-ring (bicyclic) bond motifs is 2. The number of amides is 1. The van der Waals surface area contributed by atoms with Gasteiger partial charge in [0.1, 0.15) is 5.56 Å². The van der Waals surface area contributed by atoms with Crippen molar-refractivity contribution in [2.24, 2.45) is 0 Å². The zero-order valence-corrected chi connectivity index (χ0v) is 15.7. The summed E-state index contributed by atoms with van der Waals surface area (Å²) in [6, 6.07) is 7.33. The highest BCUT2D eigenvalue weighted by Gasteiger charge is 2.24. The minimum Gasteiger partial charge on any atom is -0.348 e. The predicted octanol–water partition coefficient (Wildman–Crippen LogP) is 1.74. The smallest absolute Gasteiger partial charge is 0.279 e. The van der Waals surface area contributed by atoms with Gasteiger partial charge in [-0.25, -0.2) is 0 Å². The fourth-order valence-corrected chi connectivity index (χ4v) is 3.81. The summed E-state index contributed by atoms with van der Waals surface area (Å²) < 4.78 is 3.36. The van der Waals surface area contributed by atoms with Crippen LogP contribution < -0.4 is 16.2 Å². The van der Waals surface area contributed by atoms with E-state index in [-0.39, 0.29) is 11.5 Å². The van der Waals surface area contributed by atoms with E-state index in [9.17, 15) is 9.59 Å². The van der Waals surface area contributed by atoms with Crippen molar-refractivity contribution in [2.45, 2.75) is 33.0 Å². The van der Waals surface area contributed by atoms with Crippen molar-refractivity contribution in [3.8, 4) is 0 Å². The van der Waals surface area contributed by atoms with Crippen LogP contribution in [0, 0.1) is 0 Å². The van der Waals surface area contributed by atoms with E-state index in [2.05, 4.69) is 15.7 Å². The van der Waals surface area contributed by atoms with Crippen LogP contribution in [-0.4, -0.2) is 26.6 Å². The lowest BCUT2D eigenvalue weighted by Crippen LogP contribution is -2.36. The number of hydrogen-bond acceptors (Lipinski definition) is 4. The Morgan fingerprint density at radius 1 is 1.41 bits per heavy atom. The van der Waals surface area contributed by atoms with Crippen LogP contribution in [0.25, 0.3) is 5.65 Å². The second-order valence-corrected chi connectivity index (χ2v) is 6.94. The minimum absolute atomic E-state index is 0.161. The van der Waals surface area contributed by atoms with Crippen molar-refractivity contribution in [3.63, 3.8) is 0 Å². The van der Waals surface area contributed by atoms with Gasteiger partial charge in [0, 0.05) is 43.3 Å². The van der Waals surface area contributed by atoms with E-state index < -0.39 is 0 Å². The van der Waals surface area contributed by atoms with Gasteiger partial charge >= 0.3 is 0 Å². The second kappa shape index (κ2) is 7.17. The molecule has 0 bridgehead atoms. The zero-order chi connectivity index (χ0) is 19.0. The normalized spacial score (nSPS) is 13.6. The van der Waals surface area contributed by atoms with Gasteiger partial charge in [0.15, 0.2) is 5.65 Å². The lowest BCUT2D eigenvalue weighted by atomic mass is 10.1. The number of nitrogens with zero attached hydrogens (tertiary/aromatic N) is 3. The van der Waals surface area contributed by atoms with Gasteiger partial charge in [-0.3, -0.25) is 9.59 Å². The molecule has 8 heteroatoms. The SMILES string of the molecule is CCn1c2c(c(=O)n3ncc(C(=O)NCc4cccc(Cl)c4)c13)CNCC2. The fourth-order valence-electron chi connectivity index (χ4n) is 3.60. The third-order valence-corrected chi connectivity index (χ3v) is 5.10. The zero-order valence-electron chi connectivity index (χ0n) is 15.0. The average molecular weight is 386 g/mol. The molecule has 3 heterocycles. The molecule has 7 nitrogen and oxygen atoms in total. The van der Waals surface area contributed by atoms with Gasteiger partial charge in [-0.15, -0.1) is 0 Å². The molecule has 0 unspecified atom stereocenters.